The van der Waals surface area contributed by atoms with Gasteiger partial charge in [0.05, 0.1) is 4.91 Å². The van der Waals surface area contributed by atoms with Crippen LogP contribution in [0.5, 0.6) is 5.75 Å². The third-order valence-electron chi connectivity index (χ3n) is 5.18. The highest BCUT2D eigenvalue weighted by atomic mass is 32.2. The largest absolute Gasteiger partial charge is 0.489 e. The van der Waals surface area contributed by atoms with Crippen molar-refractivity contribution in [2.45, 2.75) is 6.92 Å². The molecule has 2 aliphatic heterocycles. The van der Waals surface area contributed by atoms with Crippen LogP contribution in [-0.4, -0.2) is 48.8 Å². The van der Waals surface area contributed by atoms with Crippen molar-refractivity contribution in [3.8, 4) is 5.75 Å². The lowest BCUT2D eigenvalue weighted by molar-refractivity contribution is -0.113. The second-order valence-corrected chi connectivity index (χ2v) is 8.22. The molecule has 0 aromatic heterocycles. The maximum atomic E-state index is 12.5. The van der Waals surface area contributed by atoms with Gasteiger partial charge in [-0.2, -0.15) is 4.99 Å². The number of aryl methyl sites for hydroxylation is 1. The van der Waals surface area contributed by atoms with E-state index in [1.54, 1.807) is 6.08 Å². The Bertz CT molecular complexity index is 1010. The molecule has 0 bridgehead atoms. The first-order valence-corrected chi connectivity index (χ1v) is 10.9. The molecule has 154 valence electrons. The van der Waals surface area contributed by atoms with Gasteiger partial charge in [0.25, 0.3) is 5.91 Å². The van der Waals surface area contributed by atoms with E-state index in [-0.39, 0.29) is 5.91 Å². The number of anilines is 1. The molecule has 5 nitrogen and oxygen atoms in total. The lowest BCUT2D eigenvalue weighted by Crippen LogP contribution is -2.48. The predicted molar refractivity (Wildman–Crippen MR) is 125 cm³/mol. The van der Waals surface area contributed by atoms with E-state index in [1.165, 1.54) is 23.0 Å². The SMILES string of the molecule is C=CCOc1ccccc1/C=C1\SC(N2CCN(c3ccccc3C)CC2)=NC1=O. The summed E-state index contributed by atoms with van der Waals surface area (Å²) in [4.78, 5) is 22.1. The van der Waals surface area contributed by atoms with E-state index in [1.807, 2.05) is 30.3 Å². The molecule has 2 aromatic rings. The minimum absolute atomic E-state index is 0.185. The molecule has 1 amide bonds. The summed E-state index contributed by atoms with van der Waals surface area (Å²) in [6.45, 7) is 9.77. The second kappa shape index (κ2) is 9.22. The van der Waals surface area contributed by atoms with Crippen molar-refractivity contribution < 1.29 is 9.53 Å². The molecule has 1 fully saturated rings. The van der Waals surface area contributed by atoms with Crippen LogP contribution >= 0.6 is 11.8 Å². The number of rotatable bonds is 5. The van der Waals surface area contributed by atoms with Crippen LogP contribution in [0.3, 0.4) is 0 Å². The van der Waals surface area contributed by atoms with Gasteiger partial charge in [0, 0.05) is 37.4 Å². The molecule has 4 rings (SSSR count). The molecule has 0 unspecified atom stereocenters. The molecule has 1 saturated heterocycles. The van der Waals surface area contributed by atoms with E-state index in [2.05, 4.69) is 52.6 Å². The van der Waals surface area contributed by atoms with E-state index >= 15 is 0 Å². The highest BCUT2D eigenvalue weighted by Gasteiger charge is 2.29. The minimum Gasteiger partial charge on any atom is -0.489 e. The Kier molecular flexibility index (Phi) is 6.23. The highest BCUT2D eigenvalue weighted by Crippen LogP contribution is 2.33. The number of thioether (sulfide) groups is 1. The molecule has 0 spiro atoms. The van der Waals surface area contributed by atoms with Crippen LogP contribution in [0.25, 0.3) is 6.08 Å². The molecule has 0 atom stereocenters. The number of hydrogen-bond acceptors (Lipinski definition) is 5. The Labute approximate surface area is 181 Å². The zero-order valence-corrected chi connectivity index (χ0v) is 17.9. The zero-order chi connectivity index (χ0) is 20.9. The zero-order valence-electron chi connectivity index (χ0n) is 17.1. The number of aliphatic imine (C=N–C) groups is 1. The summed E-state index contributed by atoms with van der Waals surface area (Å²) >= 11 is 1.45. The average molecular weight is 420 g/mol. The predicted octanol–water partition coefficient (Wildman–Crippen LogP) is 4.35. The van der Waals surface area contributed by atoms with Gasteiger partial charge in [0.15, 0.2) is 5.17 Å². The van der Waals surface area contributed by atoms with E-state index in [4.69, 9.17) is 4.74 Å². The van der Waals surface area contributed by atoms with Crippen molar-refractivity contribution in [3.63, 3.8) is 0 Å². The molecule has 2 aliphatic rings. The van der Waals surface area contributed by atoms with E-state index in [0.29, 0.717) is 11.5 Å². The summed E-state index contributed by atoms with van der Waals surface area (Å²) in [7, 11) is 0. The maximum Gasteiger partial charge on any atom is 0.286 e. The molecule has 0 radical (unpaired) electrons. The van der Waals surface area contributed by atoms with Crippen LogP contribution < -0.4 is 9.64 Å². The fraction of sp³-hybridized carbons (Fsp3) is 0.250. The molecule has 2 heterocycles. The van der Waals surface area contributed by atoms with Crippen LogP contribution in [0.15, 0.2) is 71.1 Å². The topological polar surface area (TPSA) is 45.1 Å². The standard InChI is InChI=1S/C24H25N3O2S/c1-3-16-29-21-11-7-5-9-19(21)17-22-23(28)25-24(30-22)27-14-12-26(13-15-27)20-10-6-4-8-18(20)2/h3-11,17H,1,12-16H2,2H3/b22-17-. The number of nitrogens with zero attached hydrogens (tertiary/aromatic N) is 3. The van der Waals surface area contributed by atoms with Crippen LogP contribution in [0.1, 0.15) is 11.1 Å². The highest BCUT2D eigenvalue weighted by molar-refractivity contribution is 8.18. The van der Waals surface area contributed by atoms with Crippen LogP contribution in [0.4, 0.5) is 5.69 Å². The van der Waals surface area contributed by atoms with Gasteiger partial charge in [-0.15, -0.1) is 0 Å². The second-order valence-electron chi connectivity index (χ2n) is 7.21. The Balaban J connectivity index is 1.42. The van der Waals surface area contributed by atoms with E-state index in [9.17, 15) is 4.79 Å². The number of amidine groups is 1. The summed E-state index contributed by atoms with van der Waals surface area (Å²) in [6, 6.07) is 16.2. The quantitative estimate of drug-likeness (QED) is 0.533. The fourth-order valence-corrected chi connectivity index (χ4v) is 4.57. The van der Waals surface area contributed by atoms with Crippen molar-refractivity contribution in [3.05, 3.63) is 77.2 Å². The number of benzene rings is 2. The van der Waals surface area contributed by atoms with Crippen molar-refractivity contribution in [2.75, 3.05) is 37.7 Å². The molecule has 30 heavy (non-hydrogen) atoms. The monoisotopic (exact) mass is 419 g/mol. The summed E-state index contributed by atoms with van der Waals surface area (Å²) in [5.74, 6) is 0.549. The number of piperazine rings is 1. The molecule has 0 saturated carbocycles. The molecular weight excluding hydrogens is 394 g/mol. The molecule has 0 N–H and O–H groups in total. The third-order valence-corrected chi connectivity index (χ3v) is 6.22. The first-order chi connectivity index (χ1) is 14.7. The minimum atomic E-state index is -0.185. The van der Waals surface area contributed by atoms with Crippen LogP contribution in [-0.2, 0) is 4.79 Å². The van der Waals surface area contributed by atoms with Crippen molar-refractivity contribution in [2.24, 2.45) is 4.99 Å². The Morgan fingerprint density at radius 3 is 2.53 bits per heavy atom. The molecule has 0 aliphatic carbocycles. The number of amides is 1. The summed E-state index contributed by atoms with van der Waals surface area (Å²) in [5.41, 5.74) is 3.44. The average Bonchev–Trinajstić information content (AvgIpc) is 3.14. The van der Waals surface area contributed by atoms with E-state index in [0.717, 1.165) is 42.7 Å². The molecule has 6 heteroatoms. The number of carbonyl (C=O) groups excluding carboxylic acids is 1. The number of para-hydroxylation sites is 2. The van der Waals surface area contributed by atoms with Gasteiger partial charge in [0.2, 0.25) is 0 Å². The van der Waals surface area contributed by atoms with Crippen molar-refractivity contribution in [1.82, 2.24) is 4.90 Å². The van der Waals surface area contributed by atoms with Crippen molar-refractivity contribution >= 4 is 34.6 Å². The molecule has 2 aromatic carbocycles. The Hall–Kier alpha value is -2.99. The lowest BCUT2D eigenvalue weighted by Gasteiger charge is -2.37. The van der Waals surface area contributed by atoms with Gasteiger partial charge in [-0.1, -0.05) is 49.1 Å². The first kappa shape index (κ1) is 20.3. The normalized spacial score (nSPS) is 18.0. The van der Waals surface area contributed by atoms with Gasteiger partial charge >= 0.3 is 0 Å². The number of hydrogen-bond donors (Lipinski definition) is 0. The Morgan fingerprint density at radius 2 is 1.77 bits per heavy atom. The summed E-state index contributed by atoms with van der Waals surface area (Å²) in [6.07, 6.45) is 3.57. The van der Waals surface area contributed by atoms with Gasteiger partial charge in [-0.25, -0.2) is 0 Å². The van der Waals surface area contributed by atoms with Crippen LogP contribution in [0.2, 0.25) is 0 Å². The smallest absolute Gasteiger partial charge is 0.286 e. The van der Waals surface area contributed by atoms with Gasteiger partial charge in [-0.05, 0) is 42.5 Å². The van der Waals surface area contributed by atoms with Crippen molar-refractivity contribution in [1.29, 1.82) is 0 Å². The summed E-state index contributed by atoms with van der Waals surface area (Å²) < 4.78 is 5.70. The third kappa shape index (κ3) is 4.44. The number of ether oxygens (including phenoxy) is 1. The molecular formula is C24H25N3O2S. The maximum absolute atomic E-state index is 12.5. The fourth-order valence-electron chi connectivity index (χ4n) is 3.61. The van der Waals surface area contributed by atoms with E-state index < -0.39 is 0 Å². The van der Waals surface area contributed by atoms with Gasteiger partial charge < -0.3 is 14.5 Å². The van der Waals surface area contributed by atoms with Crippen LogP contribution in [0, 0.1) is 6.92 Å². The van der Waals surface area contributed by atoms with Gasteiger partial charge in [0.1, 0.15) is 12.4 Å². The summed E-state index contributed by atoms with van der Waals surface area (Å²) in [5, 5.41) is 0.792. The number of carbonyl (C=O) groups is 1. The first-order valence-electron chi connectivity index (χ1n) is 10.1. The van der Waals surface area contributed by atoms with Gasteiger partial charge in [-0.3, -0.25) is 4.79 Å². The Morgan fingerprint density at radius 1 is 1.07 bits per heavy atom. The lowest BCUT2D eigenvalue weighted by atomic mass is 10.1.